The van der Waals surface area contributed by atoms with Crippen molar-refractivity contribution in [2.45, 2.75) is 121 Å². The standard InChI is InChI=1S/C32H49NO4/c1-4-10-26-23-30(29(34)20-19-25-12-5-6-13-25)37-31(35)18-9-17-28-16-8-15-27(36-28)14-7-11-24(2)21-22-32(26,3)33/h5-6,8-9,16,18-20,25-30,34H,2,4,7,10-15,17,21-23,33H2,1,3H3/b18-9-,20-19+. The molecule has 6 atom stereocenters. The minimum atomic E-state index is -0.876. The number of aliphatic hydroxyl groups is 1. The molecule has 3 rings (SSSR count). The highest BCUT2D eigenvalue weighted by Gasteiger charge is 2.34. The summed E-state index contributed by atoms with van der Waals surface area (Å²) < 4.78 is 12.1. The average molecular weight is 512 g/mol. The quantitative estimate of drug-likeness (QED) is 0.326. The molecule has 37 heavy (non-hydrogen) atoms. The van der Waals surface area contributed by atoms with Gasteiger partial charge in [-0.3, -0.25) is 0 Å². The third-order valence-corrected chi connectivity index (χ3v) is 8.17. The van der Waals surface area contributed by atoms with E-state index in [1.165, 1.54) is 11.6 Å². The van der Waals surface area contributed by atoms with E-state index in [-0.39, 0.29) is 18.1 Å². The fourth-order valence-electron chi connectivity index (χ4n) is 5.69. The Morgan fingerprint density at radius 2 is 1.97 bits per heavy atom. The molecular formula is C32H49NO4. The average Bonchev–Trinajstić information content (AvgIpc) is 3.39. The summed E-state index contributed by atoms with van der Waals surface area (Å²) in [5, 5.41) is 11.1. The van der Waals surface area contributed by atoms with E-state index >= 15 is 0 Å². The van der Waals surface area contributed by atoms with Crippen LogP contribution in [0.5, 0.6) is 0 Å². The van der Waals surface area contributed by atoms with Crippen LogP contribution >= 0.6 is 0 Å². The van der Waals surface area contributed by atoms with Gasteiger partial charge in [-0.1, -0.05) is 68.0 Å². The van der Waals surface area contributed by atoms with Gasteiger partial charge in [-0.25, -0.2) is 4.79 Å². The Morgan fingerprint density at radius 3 is 2.73 bits per heavy atom. The van der Waals surface area contributed by atoms with Crippen molar-refractivity contribution < 1.29 is 19.4 Å². The minimum absolute atomic E-state index is 0.0268. The molecule has 5 heteroatoms. The molecule has 0 aromatic heterocycles. The Labute approximate surface area is 224 Å². The van der Waals surface area contributed by atoms with Gasteiger partial charge in [0.15, 0.2) is 0 Å². The van der Waals surface area contributed by atoms with E-state index < -0.39 is 23.7 Å². The SMILES string of the molecule is C=C1CCCC2CC=CC(C/C=C\C(=O)OC(C(O)/C=C/C3CC=CC3)CC(CCC)C(C)(N)CC1)O2. The van der Waals surface area contributed by atoms with Crippen LogP contribution in [0, 0.1) is 11.8 Å². The summed E-state index contributed by atoms with van der Waals surface area (Å²) in [6, 6.07) is 0. The Hall–Kier alpha value is -1.95. The maximum atomic E-state index is 12.8. The monoisotopic (exact) mass is 511 g/mol. The van der Waals surface area contributed by atoms with Crippen molar-refractivity contribution in [3.8, 4) is 0 Å². The zero-order valence-electron chi connectivity index (χ0n) is 23.0. The summed E-state index contributed by atoms with van der Waals surface area (Å²) in [6.45, 7) is 8.59. The van der Waals surface area contributed by atoms with Gasteiger partial charge in [0.1, 0.15) is 12.2 Å². The van der Waals surface area contributed by atoms with Gasteiger partial charge in [0.05, 0.1) is 12.2 Å². The second-order valence-electron chi connectivity index (χ2n) is 11.5. The molecule has 0 fully saturated rings. The third kappa shape index (κ3) is 10.0. The number of cyclic esters (lactones) is 1. The van der Waals surface area contributed by atoms with Crippen molar-refractivity contribution in [2.75, 3.05) is 0 Å². The molecule has 0 spiro atoms. The molecule has 2 bridgehead atoms. The molecule has 206 valence electrons. The fourth-order valence-corrected chi connectivity index (χ4v) is 5.69. The Bertz CT molecular complexity index is 847. The third-order valence-electron chi connectivity index (χ3n) is 8.17. The van der Waals surface area contributed by atoms with Gasteiger partial charge < -0.3 is 20.3 Å². The van der Waals surface area contributed by atoms with Crippen LogP contribution in [0.4, 0.5) is 0 Å². The first-order chi connectivity index (χ1) is 17.8. The molecule has 0 aromatic carbocycles. The van der Waals surface area contributed by atoms with Crippen molar-refractivity contribution in [3.63, 3.8) is 0 Å². The van der Waals surface area contributed by atoms with Crippen LogP contribution in [0.2, 0.25) is 0 Å². The number of fused-ring (bicyclic) bond motifs is 2. The van der Waals surface area contributed by atoms with Crippen molar-refractivity contribution in [1.29, 1.82) is 0 Å². The van der Waals surface area contributed by atoms with Crippen LogP contribution in [0.15, 0.2) is 60.8 Å². The molecule has 3 N–H and O–H groups in total. The van der Waals surface area contributed by atoms with Gasteiger partial charge >= 0.3 is 5.97 Å². The van der Waals surface area contributed by atoms with Crippen molar-refractivity contribution >= 4 is 5.97 Å². The van der Waals surface area contributed by atoms with Gasteiger partial charge in [-0.2, -0.15) is 0 Å². The molecule has 2 heterocycles. The van der Waals surface area contributed by atoms with Gasteiger partial charge in [-0.05, 0) is 89.4 Å². The lowest BCUT2D eigenvalue weighted by Gasteiger charge is -2.37. The molecule has 6 unspecified atom stereocenters. The van der Waals surface area contributed by atoms with Crippen molar-refractivity contribution in [3.05, 3.63) is 60.8 Å². The number of esters is 1. The molecular weight excluding hydrogens is 462 g/mol. The van der Waals surface area contributed by atoms with E-state index in [0.29, 0.717) is 18.8 Å². The molecule has 2 aliphatic heterocycles. The van der Waals surface area contributed by atoms with Crippen LogP contribution in [0.1, 0.15) is 90.9 Å². The summed E-state index contributed by atoms with van der Waals surface area (Å²) in [5.41, 5.74) is 7.71. The highest BCUT2D eigenvalue weighted by molar-refractivity contribution is 5.82. The van der Waals surface area contributed by atoms with Crippen LogP contribution in [0.25, 0.3) is 0 Å². The number of nitrogens with two attached hydrogens (primary N) is 1. The van der Waals surface area contributed by atoms with E-state index in [4.69, 9.17) is 15.2 Å². The normalized spacial score (nSPS) is 34.7. The molecule has 3 aliphatic rings. The first kappa shape index (κ1) is 29.6. The summed E-state index contributed by atoms with van der Waals surface area (Å²) >= 11 is 0. The van der Waals surface area contributed by atoms with E-state index in [9.17, 15) is 9.90 Å². The summed E-state index contributed by atoms with van der Waals surface area (Å²) in [7, 11) is 0. The number of allylic oxidation sites excluding steroid dienone is 4. The molecule has 0 saturated carbocycles. The number of carbonyl (C=O) groups is 1. The zero-order valence-corrected chi connectivity index (χ0v) is 23.0. The number of hydrogen-bond donors (Lipinski definition) is 2. The Morgan fingerprint density at radius 1 is 1.19 bits per heavy atom. The van der Waals surface area contributed by atoms with E-state index in [1.807, 2.05) is 12.2 Å². The Balaban J connectivity index is 1.79. The summed E-state index contributed by atoms with van der Waals surface area (Å²) in [5.74, 6) is 0.0777. The lowest BCUT2D eigenvalue weighted by molar-refractivity contribution is -0.149. The maximum Gasteiger partial charge on any atom is 0.330 e. The maximum absolute atomic E-state index is 12.8. The summed E-state index contributed by atoms with van der Waals surface area (Å²) in [4.78, 5) is 12.8. The number of carbonyl (C=O) groups excluding carboxylic acids is 1. The Kier molecular flexibility index (Phi) is 11.9. The van der Waals surface area contributed by atoms with Gasteiger partial charge in [0.2, 0.25) is 0 Å². The summed E-state index contributed by atoms with van der Waals surface area (Å²) in [6.07, 6.45) is 25.1. The molecule has 0 amide bonds. The topological polar surface area (TPSA) is 81.8 Å². The smallest absolute Gasteiger partial charge is 0.330 e. The minimum Gasteiger partial charge on any atom is -0.456 e. The predicted molar refractivity (Wildman–Crippen MR) is 151 cm³/mol. The van der Waals surface area contributed by atoms with Crippen LogP contribution in [-0.4, -0.2) is 41.0 Å². The van der Waals surface area contributed by atoms with Gasteiger partial charge in [-0.15, -0.1) is 0 Å². The highest BCUT2D eigenvalue weighted by atomic mass is 16.6. The number of rotatable bonds is 5. The van der Waals surface area contributed by atoms with Crippen molar-refractivity contribution in [2.24, 2.45) is 17.6 Å². The number of ether oxygens (including phenoxy) is 2. The predicted octanol–water partition coefficient (Wildman–Crippen LogP) is 6.49. The molecule has 5 nitrogen and oxygen atoms in total. The van der Waals surface area contributed by atoms with Crippen LogP contribution in [0.3, 0.4) is 0 Å². The van der Waals surface area contributed by atoms with Gasteiger partial charge in [0, 0.05) is 11.6 Å². The second kappa shape index (κ2) is 14.8. The molecule has 0 radical (unpaired) electrons. The molecule has 0 aromatic rings. The second-order valence-corrected chi connectivity index (χ2v) is 11.5. The molecule has 1 aliphatic carbocycles. The lowest BCUT2D eigenvalue weighted by Crippen LogP contribution is -2.47. The van der Waals surface area contributed by atoms with Crippen molar-refractivity contribution in [1.82, 2.24) is 0 Å². The molecule has 0 saturated heterocycles. The fraction of sp³-hybridized carbons (Fsp3) is 0.656. The van der Waals surface area contributed by atoms with E-state index in [1.54, 1.807) is 0 Å². The number of aliphatic hydroxyl groups excluding tert-OH is 1. The van der Waals surface area contributed by atoms with E-state index in [0.717, 1.165) is 64.2 Å². The van der Waals surface area contributed by atoms with Crippen LogP contribution in [-0.2, 0) is 14.3 Å². The lowest BCUT2D eigenvalue weighted by atomic mass is 9.75. The zero-order chi connectivity index (χ0) is 26.7. The van der Waals surface area contributed by atoms with Gasteiger partial charge in [0.25, 0.3) is 0 Å². The van der Waals surface area contributed by atoms with Crippen LogP contribution < -0.4 is 5.73 Å². The largest absolute Gasteiger partial charge is 0.456 e. The number of hydrogen-bond acceptors (Lipinski definition) is 5. The first-order valence-corrected chi connectivity index (χ1v) is 14.4. The van der Waals surface area contributed by atoms with E-state index in [2.05, 4.69) is 50.8 Å². The first-order valence-electron chi connectivity index (χ1n) is 14.4. The highest BCUT2D eigenvalue weighted by Crippen LogP contribution is 2.33.